The lowest BCUT2D eigenvalue weighted by Crippen LogP contribution is -2.03. The van der Waals surface area contributed by atoms with Crippen molar-refractivity contribution < 1.29 is 9.50 Å². The topological polar surface area (TPSA) is 33.1 Å². The van der Waals surface area contributed by atoms with Crippen LogP contribution in [0.2, 0.25) is 5.02 Å². The summed E-state index contributed by atoms with van der Waals surface area (Å²) in [5, 5.41) is 10.1. The number of aryl methyl sites for hydroxylation is 1. The summed E-state index contributed by atoms with van der Waals surface area (Å²) in [6, 6.07) is 4.79. The molecule has 0 saturated heterocycles. The number of thiazole rings is 1. The molecule has 0 aliphatic rings. The van der Waals surface area contributed by atoms with Gasteiger partial charge in [0, 0.05) is 6.42 Å². The Labute approximate surface area is 108 Å². The molecular formula is C12H11ClFNOS. The lowest BCUT2D eigenvalue weighted by atomic mass is 10.1. The number of aliphatic hydroxyl groups excluding tert-OH is 1. The van der Waals surface area contributed by atoms with Crippen LogP contribution in [0.3, 0.4) is 0 Å². The molecule has 1 aromatic heterocycles. The van der Waals surface area contributed by atoms with Crippen molar-refractivity contribution in [3.63, 3.8) is 0 Å². The highest BCUT2D eigenvalue weighted by atomic mass is 35.5. The maximum atomic E-state index is 13.6. The first-order chi connectivity index (χ1) is 8.09. The molecule has 0 fully saturated rings. The van der Waals surface area contributed by atoms with Gasteiger partial charge >= 0.3 is 0 Å². The van der Waals surface area contributed by atoms with Gasteiger partial charge in [0.05, 0.1) is 27.2 Å². The largest absolute Gasteiger partial charge is 0.387 e. The second-order valence-electron chi connectivity index (χ2n) is 3.73. The van der Waals surface area contributed by atoms with Gasteiger partial charge in [-0.15, -0.1) is 11.3 Å². The summed E-state index contributed by atoms with van der Waals surface area (Å²) < 4.78 is 13.6. The van der Waals surface area contributed by atoms with E-state index >= 15 is 0 Å². The van der Waals surface area contributed by atoms with Gasteiger partial charge in [0.2, 0.25) is 0 Å². The predicted octanol–water partition coefficient (Wildman–Crippen LogP) is 3.52. The van der Waals surface area contributed by atoms with Crippen molar-refractivity contribution >= 4 is 22.9 Å². The lowest BCUT2D eigenvalue weighted by Gasteiger charge is -2.10. The molecule has 0 radical (unpaired) electrons. The van der Waals surface area contributed by atoms with E-state index in [1.807, 2.05) is 6.92 Å². The average molecular weight is 272 g/mol. The standard InChI is InChI=1S/C12H11ClFNOS/c1-7-12(17-6-15-7)10(16)5-8-3-2-4-9(13)11(8)14/h2-4,6,10,16H,5H2,1H3. The van der Waals surface area contributed by atoms with E-state index in [4.69, 9.17) is 11.6 Å². The highest BCUT2D eigenvalue weighted by molar-refractivity contribution is 7.09. The lowest BCUT2D eigenvalue weighted by molar-refractivity contribution is 0.180. The Bertz CT molecular complexity index is 529. The molecule has 17 heavy (non-hydrogen) atoms. The fourth-order valence-electron chi connectivity index (χ4n) is 1.64. The number of hydrogen-bond donors (Lipinski definition) is 1. The third-order valence-corrected chi connectivity index (χ3v) is 3.85. The van der Waals surface area contributed by atoms with E-state index in [1.165, 1.54) is 17.4 Å². The van der Waals surface area contributed by atoms with Crippen LogP contribution in [0.5, 0.6) is 0 Å². The zero-order chi connectivity index (χ0) is 12.4. The molecule has 2 rings (SSSR count). The molecule has 5 heteroatoms. The summed E-state index contributed by atoms with van der Waals surface area (Å²) in [4.78, 5) is 4.83. The second kappa shape index (κ2) is 5.12. The van der Waals surface area contributed by atoms with E-state index < -0.39 is 11.9 Å². The highest BCUT2D eigenvalue weighted by Gasteiger charge is 2.16. The number of nitrogens with zero attached hydrogens (tertiary/aromatic N) is 1. The van der Waals surface area contributed by atoms with Crippen LogP contribution in [-0.2, 0) is 6.42 Å². The van der Waals surface area contributed by atoms with E-state index in [2.05, 4.69) is 4.98 Å². The Morgan fingerprint density at radius 2 is 2.29 bits per heavy atom. The maximum Gasteiger partial charge on any atom is 0.145 e. The van der Waals surface area contributed by atoms with Gasteiger partial charge in [0.1, 0.15) is 5.82 Å². The van der Waals surface area contributed by atoms with E-state index in [-0.39, 0.29) is 11.4 Å². The molecule has 1 N–H and O–H groups in total. The summed E-state index contributed by atoms with van der Waals surface area (Å²) in [6.45, 7) is 1.82. The van der Waals surface area contributed by atoms with Crippen LogP contribution in [0.15, 0.2) is 23.7 Å². The van der Waals surface area contributed by atoms with Crippen LogP contribution in [-0.4, -0.2) is 10.1 Å². The number of benzene rings is 1. The van der Waals surface area contributed by atoms with E-state index in [0.29, 0.717) is 5.56 Å². The predicted molar refractivity (Wildman–Crippen MR) is 66.9 cm³/mol. The number of halogens is 2. The van der Waals surface area contributed by atoms with E-state index in [0.717, 1.165) is 10.6 Å². The summed E-state index contributed by atoms with van der Waals surface area (Å²) >= 11 is 7.06. The van der Waals surface area contributed by atoms with Gasteiger partial charge in [0.15, 0.2) is 0 Å². The minimum absolute atomic E-state index is 0.0794. The fraction of sp³-hybridized carbons (Fsp3) is 0.250. The zero-order valence-corrected chi connectivity index (χ0v) is 10.7. The van der Waals surface area contributed by atoms with Crippen molar-refractivity contribution in [2.75, 3.05) is 0 Å². The van der Waals surface area contributed by atoms with E-state index in [9.17, 15) is 9.50 Å². The van der Waals surface area contributed by atoms with Gasteiger partial charge in [0.25, 0.3) is 0 Å². The summed E-state index contributed by atoms with van der Waals surface area (Å²) in [5.74, 6) is -0.463. The molecule has 1 unspecified atom stereocenters. The maximum absolute atomic E-state index is 13.6. The minimum atomic E-state index is -0.740. The Morgan fingerprint density at radius 3 is 2.94 bits per heavy atom. The molecule has 2 nitrogen and oxygen atoms in total. The first-order valence-corrected chi connectivity index (χ1v) is 6.36. The average Bonchev–Trinajstić information content (AvgIpc) is 2.71. The van der Waals surface area contributed by atoms with Gasteiger partial charge in [-0.05, 0) is 18.6 Å². The first kappa shape index (κ1) is 12.5. The third-order valence-electron chi connectivity index (χ3n) is 2.53. The SMILES string of the molecule is Cc1ncsc1C(O)Cc1cccc(Cl)c1F. The molecule has 1 aromatic carbocycles. The van der Waals surface area contributed by atoms with Crippen LogP contribution in [0.25, 0.3) is 0 Å². The fourth-order valence-corrected chi connectivity index (χ4v) is 2.62. The normalized spacial score (nSPS) is 12.7. The van der Waals surface area contributed by atoms with Crippen molar-refractivity contribution in [2.24, 2.45) is 0 Å². The molecular weight excluding hydrogens is 261 g/mol. The van der Waals surface area contributed by atoms with Crippen LogP contribution in [0, 0.1) is 12.7 Å². The molecule has 0 amide bonds. The van der Waals surface area contributed by atoms with Crippen molar-refractivity contribution in [1.29, 1.82) is 0 Å². The molecule has 1 heterocycles. The molecule has 0 saturated carbocycles. The van der Waals surface area contributed by atoms with Gasteiger partial charge in [-0.3, -0.25) is 0 Å². The first-order valence-electron chi connectivity index (χ1n) is 5.10. The van der Waals surface area contributed by atoms with Crippen molar-refractivity contribution in [1.82, 2.24) is 4.98 Å². The summed E-state index contributed by atoms with van der Waals surface area (Å²) in [6.07, 6.45) is -0.537. The Hall–Kier alpha value is -0.970. The highest BCUT2D eigenvalue weighted by Crippen LogP contribution is 2.27. The van der Waals surface area contributed by atoms with Crippen LogP contribution < -0.4 is 0 Å². The summed E-state index contributed by atoms with van der Waals surface area (Å²) in [5.41, 5.74) is 2.87. The van der Waals surface area contributed by atoms with Gasteiger partial charge in [-0.25, -0.2) is 9.37 Å². The van der Waals surface area contributed by atoms with Gasteiger partial charge < -0.3 is 5.11 Å². The molecule has 1 atom stereocenters. The molecule has 0 aliphatic heterocycles. The summed E-state index contributed by atoms with van der Waals surface area (Å²) in [7, 11) is 0. The van der Waals surface area contributed by atoms with Crippen molar-refractivity contribution in [3.8, 4) is 0 Å². The quantitative estimate of drug-likeness (QED) is 0.927. The van der Waals surface area contributed by atoms with Crippen LogP contribution >= 0.6 is 22.9 Å². The number of aromatic nitrogens is 1. The monoisotopic (exact) mass is 271 g/mol. The molecule has 90 valence electrons. The Kier molecular flexibility index (Phi) is 3.76. The van der Waals surface area contributed by atoms with Crippen molar-refractivity contribution in [2.45, 2.75) is 19.4 Å². The van der Waals surface area contributed by atoms with Crippen molar-refractivity contribution in [3.05, 3.63) is 50.7 Å². The van der Waals surface area contributed by atoms with Crippen LogP contribution in [0.1, 0.15) is 22.2 Å². The Morgan fingerprint density at radius 1 is 1.53 bits per heavy atom. The van der Waals surface area contributed by atoms with Gasteiger partial charge in [-0.1, -0.05) is 23.7 Å². The van der Waals surface area contributed by atoms with Gasteiger partial charge in [-0.2, -0.15) is 0 Å². The third kappa shape index (κ3) is 2.65. The van der Waals surface area contributed by atoms with E-state index in [1.54, 1.807) is 17.6 Å². The molecule has 0 aliphatic carbocycles. The molecule has 0 bridgehead atoms. The molecule has 2 aromatic rings. The number of hydrogen-bond acceptors (Lipinski definition) is 3. The zero-order valence-electron chi connectivity index (χ0n) is 9.15. The minimum Gasteiger partial charge on any atom is -0.387 e. The number of rotatable bonds is 3. The van der Waals surface area contributed by atoms with Crippen LogP contribution in [0.4, 0.5) is 4.39 Å². The molecule has 0 spiro atoms. The second-order valence-corrected chi connectivity index (χ2v) is 5.03. The Balaban J connectivity index is 2.22. The number of aliphatic hydroxyl groups is 1. The smallest absolute Gasteiger partial charge is 0.145 e.